The molecule has 0 aliphatic carbocycles. The number of rotatable bonds is 3. The van der Waals surface area contributed by atoms with Crippen LogP contribution in [0.3, 0.4) is 0 Å². The van der Waals surface area contributed by atoms with E-state index in [4.69, 9.17) is 33.4 Å². The first-order chi connectivity index (χ1) is 3.72. The summed E-state index contributed by atoms with van der Waals surface area (Å²) in [6, 6.07) is 0. The van der Waals surface area contributed by atoms with Gasteiger partial charge in [0, 0.05) is 5.88 Å². The van der Waals surface area contributed by atoms with Crippen molar-refractivity contribution in [3.63, 3.8) is 0 Å². The van der Waals surface area contributed by atoms with Crippen LogP contribution in [0.25, 0.3) is 0 Å². The zero-order chi connectivity index (χ0) is 6.57. The molecule has 0 bridgehead atoms. The second-order valence-corrected chi connectivity index (χ2v) is 2.29. The van der Waals surface area contributed by atoms with Gasteiger partial charge in [-0.2, -0.15) is 0 Å². The fraction of sp³-hybridized carbons (Fsp3) is 1.00. The number of hydrogen-bond acceptors (Lipinski definition) is 2. The van der Waals surface area contributed by atoms with E-state index in [1.807, 2.05) is 0 Å². The summed E-state index contributed by atoms with van der Waals surface area (Å²) in [5, 5.41) is 16.4. The molecule has 0 spiro atoms. The van der Waals surface area contributed by atoms with Gasteiger partial charge in [-0.15, -0.1) is 23.2 Å². The van der Waals surface area contributed by atoms with Crippen LogP contribution in [0.15, 0.2) is 0 Å². The van der Waals surface area contributed by atoms with Gasteiger partial charge < -0.3 is 10.2 Å². The van der Waals surface area contributed by atoms with Crippen molar-refractivity contribution >= 4 is 23.2 Å². The molecule has 50 valence electrons. The first-order valence-electron chi connectivity index (χ1n) is 2.21. The molecule has 2 atom stereocenters. The largest absolute Gasteiger partial charge is 0.394 e. The van der Waals surface area contributed by atoms with Crippen LogP contribution < -0.4 is 0 Å². The van der Waals surface area contributed by atoms with Gasteiger partial charge in [0.2, 0.25) is 0 Å². The molecule has 0 radical (unpaired) electrons. The molecule has 2 nitrogen and oxygen atoms in total. The van der Waals surface area contributed by atoms with Gasteiger partial charge in [-0.05, 0) is 0 Å². The minimum absolute atomic E-state index is 0.156. The monoisotopic (exact) mass is 158 g/mol. The van der Waals surface area contributed by atoms with Crippen molar-refractivity contribution in [2.24, 2.45) is 0 Å². The highest BCUT2D eigenvalue weighted by atomic mass is 35.5. The van der Waals surface area contributed by atoms with Gasteiger partial charge in [0.1, 0.15) is 0 Å². The SMILES string of the molecule is OC[C@H](O)[C@@H](Cl)CCl. The van der Waals surface area contributed by atoms with Crippen LogP contribution in [-0.2, 0) is 0 Å². The molecule has 0 saturated heterocycles. The lowest BCUT2D eigenvalue weighted by atomic mass is 10.3. The van der Waals surface area contributed by atoms with Crippen molar-refractivity contribution in [2.75, 3.05) is 12.5 Å². The van der Waals surface area contributed by atoms with Crippen molar-refractivity contribution in [1.82, 2.24) is 0 Å². The lowest BCUT2D eigenvalue weighted by molar-refractivity contribution is 0.0956. The summed E-state index contributed by atoms with van der Waals surface area (Å²) in [6.07, 6.45) is -0.894. The molecule has 0 aromatic heterocycles. The Morgan fingerprint density at radius 2 is 2.00 bits per heavy atom. The van der Waals surface area contributed by atoms with Gasteiger partial charge in [-0.3, -0.25) is 0 Å². The summed E-state index contributed by atoms with van der Waals surface area (Å²) < 4.78 is 0. The van der Waals surface area contributed by atoms with Gasteiger partial charge in [-0.1, -0.05) is 0 Å². The number of hydrogen-bond donors (Lipinski definition) is 2. The number of aliphatic hydroxyl groups excluding tert-OH is 2. The molecule has 0 aliphatic rings. The fourth-order valence-electron chi connectivity index (χ4n) is 0.217. The van der Waals surface area contributed by atoms with Crippen molar-refractivity contribution < 1.29 is 10.2 Å². The van der Waals surface area contributed by atoms with Crippen LogP contribution in [-0.4, -0.2) is 34.2 Å². The lowest BCUT2D eigenvalue weighted by Gasteiger charge is -2.09. The van der Waals surface area contributed by atoms with Crippen LogP contribution in [0, 0.1) is 0 Å². The Bertz CT molecular complexity index is 52.0. The third-order valence-corrected chi connectivity index (χ3v) is 1.69. The highest BCUT2D eigenvalue weighted by Gasteiger charge is 2.12. The molecule has 0 amide bonds. The maximum Gasteiger partial charge on any atom is 0.0945 e. The summed E-state index contributed by atoms with van der Waals surface area (Å²) >= 11 is 10.6. The van der Waals surface area contributed by atoms with E-state index in [-0.39, 0.29) is 12.5 Å². The summed E-state index contributed by atoms with van der Waals surface area (Å²) in [7, 11) is 0. The van der Waals surface area contributed by atoms with Crippen LogP contribution in [0.5, 0.6) is 0 Å². The number of halogens is 2. The Morgan fingerprint density at radius 1 is 1.50 bits per heavy atom. The molecule has 0 unspecified atom stereocenters. The highest BCUT2D eigenvalue weighted by Crippen LogP contribution is 2.03. The molecule has 0 heterocycles. The third kappa shape index (κ3) is 2.72. The quantitative estimate of drug-likeness (QED) is 0.577. The Morgan fingerprint density at radius 3 is 2.12 bits per heavy atom. The molecule has 0 saturated carbocycles. The third-order valence-electron chi connectivity index (χ3n) is 0.752. The molecule has 0 fully saturated rings. The number of alkyl halides is 2. The van der Waals surface area contributed by atoms with Crippen molar-refractivity contribution in [3.8, 4) is 0 Å². The van der Waals surface area contributed by atoms with Crippen LogP contribution in [0.4, 0.5) is 0 Å². The first-order valence-corrected chi connectivity index (χ1v) is 3.18. The van der Waals surface area contributed by atoms with Crippen molar-refractivity contribution in [1.29, 1.82) is 0 Å². The molecule has 0 rings (SSSR count). The standard InChI is InChI=1S/C4H8Cl2O2/c5-1-3(6)4(8)2-7/h3-4,7-8H,1-2H2/t3-,4-/m0/s1. The maximum absolute atomic E-state index is 8.66. The van der Waals surface area contributed by atoms with E-state index < -0.39 is 11.5 Å². The summed E-state index contributed by atoms with van der Waals surface area (Å²) in [4.78, 5) is 0. The first kappa shape index (κ1) is 8.50. The van der Waals surface area contributed by atoms with Crippen molar-refractivity contribution in [2.45, 2.75) is 11.5 Å². The van der Waals surface area contributed by atoms with Gasteiger partial charge >= 0.3 is 0 Å². The van der Waals surface area contributed by atoms with E-state index in [0.717, 1.165) is 0 Å². The van der Waals surface area contributed by atoms with Gasteiger partial charge in [0.25, 0.3) is 0 Å². The Labute approximate surface area is 58.0 Å². The fourth-order valence-corrected chi connectivity index (χ4v) is 0.503. The topological polar surface area (TPSA) is 40.5 Å². The summed E-state index contributed by atoms with van der Waals surface area (Å²) in [5.74, 6) is 0.156. The molecular weight excluding hydrogens is 151 g/mol. The average Bonchev–Trinajstić information content (AvgIpc) is 1.84. The van der Waals surface area contributed by atoms with Crippen LogP contribution >= 0.6 is 23.2 Å². The molecule has 0 aliphatic heterocycles. The predicted octanol–water partition coefficient (Wildman–Crippen LogP) is 0.186. The average molecular weight is 159 g/mol. The van der Waals surface area contributed by atoms with Gasteiger partial charge in [0.05, 0.1) is 18.1 Å². The summed E-state index contributed by atoms with van der Waals surface area (Å²) in [5.41, 5.74) is 0. The van der Waals surface area contributed by atoms with E-state index >= 15 is 0 Å². The minimum atomic E-state index is -0.894. The zero-order valence-corrected chi connectivity index (χ0v) is 5.73. The molecule has 0 aromatic carbocycles. The van der Waals surface area contributed by atoms with Crippen LogP contribution in [0.1, 0.15) is 0 Å². The second-order valence-electron chi connectivity index (χ2n) is 1.42. The van der Waals surface area contributed by atoms with E-state index in [9.17, 15) is 0 Å². The van der Waals surface area contributed by atoms with Gasteiger partial charge in [0.15, 0.2) is 0 Å². The summed E-state index contributed by atoms with van der Waals surface area (Å²) in [6.45, 7) is -0.332. The molecule has 4 heteroatoms. The van der Waals surface area contributed by atoms with E-state index in [2.05, 4.69) is 0 Å². The maximum atomic E-state index is 8.66. The predicted molar refractivity (Wildman–Crippen MR) is 33.5 cm³/mol. The van der Waals surface area contributed by atoms with E-state index in [1.54, 1.807) is 0 Å². The van der Waals surface area contributed by atoms with Gasteiger partial charge in [-0.25, -0.2) is 0 Å². The van der Waals surface area contributed by atoms with E-state index in [1.165, 1.54) is 0 Å². The number of aliphatic hydroxyl groups is 2. The smallest absolute Gasteiger partial charge is 0.0945 e. The Kier molecular flexibility index (Phi) is 4.66. The molecule has 2 N–H and O–H groups in total. The highest BCUT2D eigenvalue weighted by molar-refractivity contribution is 6.28. The van der Waals surface area contributed by atoms with Crippen LogP contribution in [0.2, 0.25) is 0 Å². The zero-order valence-electron chi connectivity index (χ0n) is 4.22. The molecule has 0 aromatic rings. The minimum Gasteiger partial charge on any atom is -0.394 e. The second kappa shape index (κ2) is 4.39. The lowest BCUT2D eigenvalue weighted by Crippen LogP contribution is -2.25. The Balaban J connectivity index is 3.29. The van der Waals surface area contributed by atoms with E-state index in [0.29, 0.717) is 0 Å². The Hall–Kier alpha value is 0.500. The van der Waals surface area contributed by atoms with Crippen molar-refractivity contribution in [3.05, 3.63) is 0 Å². The molecule has 8 heavy (non-hydrogen) atoms. The normalized spacial score (nSPS) is 18.0. The molecular formula is C4H8Cl2O2.